The lowest BCUT2D eigenvalue weighted by Crippen LogP contribution is -2.19. The number of aromatic carboxylic acids is 1. The lowest BCUT2D eigenvalue weighted by atomic mass is 10.3. The Bertz CT molecular complexity index is 364. The van der Waals surface area contributed by atoms with Crippen LogP contribution in [0.25, 0.3) is 0 Å². The molecule has 0 bridgehead atoms. The van der Waals surface area contributed by atoms with Crippen molar-refractivity contribution in [3.05, 3.63) is 24.0 Å². The van der Waals surface area contributed by atoms with Gasteiger partial charge in [0.25, 0.3) is 0 Å². The summed E-state index contributed by atoms with van der Waals surface area (Å²) in [6.45, 7) is -1.47. The summed E-state index contributed by atoms with van der Waals surface area (Å²) in [6.07, 6.45) is -2.43. The zero-order valence-corrected chi connectivity index (χ0v) is 7.28. The number of carbonyl (C=O) groups is 1. The molecule has 1 aromatic rings. The molecule has 1 heterocycles. The molecule has 1 rings (SSSR count). The summed E-state index contributed by atoms with van der Waals surface area (Å²) in [5.41, 5.74) is -0.227. The molecule has 15 heavy (non-hydrogen) atoms. The van der Waals surface area contributed by atoms with Crippen LogP contribution in [0.1, 0.15) is 10.4 Å². The van der Waals surface area contributed by atoms with Crippen molar-refractivity contribution in [2.75, 3.05) is 6.61 Å². The molecule has 0 fully saturated rings. The summed E-state index contributed by atoms with van der Waals surface area (Å²) in [4.78, 5) is 13.9. The van der Waals surface area contributed by atoms with E-state index in [1.165, 1.54) is 0 Å². The van der Waals surface area contributed by atoms with Gasteiger partial charge in [-0.2, -0.15) is 13.2 Å². The first kappa shape index (κ1) is 11.3. The van der Waals surface area contributed by atoms with E-state index in [4.69, 9.17) is 5.11 Å². The van der Waals surface area contributed by atoms with Gasteiger partial charge >= 0.3 is 12.1 Å². The summed E-state index contributed by atoms with van der Waals surface area (Å²) in [6, 6.07) is 0.973. The second kappa shape index (κ2) is 4.16. The maximum absolute atomic E-state index is 11.7. The van der Waals surface area contributed by atoms with Gasteiger partial charge in [0.2, 0.25) is 0 Å². The minimum absolute atomic E-state index is 0.227. The van der Waals surface area contributed by atoms with Crippen LogP contribution < -0.4 is 4.74 Å². The number of rotatable bonds is 3. The third-order valence-corrected chi connectivity index (χ3v) is 1.36. The van der Waals surface area contributed by atoms with Crippen LogP contribution in [0.4, 0.5) is 13.2 Å². The summed E-state index contributed by atoms with van der Waals surface area (Å²) in [7, 11) is 0. The van der Waals surface area contributed by atoms with Gasteiger partial charge in [-0.25, -0.2) is 4.79 Å². The van der Waals surface area contributed by atoms with Gasteiger partial charge in [-0.15, -0.1) is 0 Å². The van der Waals surface area contributed by atoms with Gasteiger partial charge in [0.1, 0.15) is 5.75 Å². The normalized spacial score (nSPS) is 11.1. The van der Waals surface area contributed by atoms with Gasteiger partial charge in [-0.3, -0.25) is 4.98 Å². The van der Waals surface area contributed by atoms with Crippen molar-refractivity contribution in [3.63, 3.8) is 0 Å². The number of nitrogens with zero attached hydrogens (tertiary/aromatic N) is 1. The minimum Gasteiger partial charge on any atom is -0.482 e. The standard InChI is InChI=1S/C8H6F3NO3/c9-8(10,11)4-15-6-1-5(7(13)14)2-12-3-6/h1-3H,4H2,(H,13,14). The van der Waals surface area contributed by atoms with Crippen LogP contribution >= 0.6 is 0 Å². The van der Waals surface area contributed by atoms with Crippen LogP contribution in [0.15, 0.2) is 18.5 Å². The molecule has 0 aliphatic rings. The van der Waals surface area contributed by atoms with Gasteiger partial charge in [0, 0.05) is 6.20 Å². The van der Waals surface area contributed by atoms with Crippen LogP contribution in [0.2, 0.25) is 0 Å². The molecule has 0 aliphatic heterocycles. The fourth-order valence-corrected chi connectivity index (χ4v) is 0.780. The SMILES string of the molecule is O=C(O)c1cncc(OCC(F)(F)F)c1. The van der Waals surface area contributed by atoms with Crippen LogP contribution in [0.5, 0.6) is 5.75 Å². The summed E-state index contributed by atoms with van der Waals surface area (Å²) < 4.78 is 39.5. The number of hydrogen-bond acceptors (Lipinski definition) is 3. The van der Waals surface area contributed by atoms with Gasteiger partial charge in [-0.05, 0) is 6.07 Å². The number of ether oxygens (including phenoxy) is 1. The molecule has 0 amide bonds. The number of hydrogen-bond donors (Lipinski definition) is 1. The molecule has 0 atom stereocenters. The van der Waals surface area contributed by atoms with E-state index in [2.05, 4.69) is 9.72 Å². The van der Waals surface area contributed by atoms with E-state index in [-0.39, 0.29) is 11.3 Å². The molecule has 0 spiro atoms. The monoisotopic (exact) mass is 221 g/mol. The molecule has 1 aromatic heterocycles. The van der Waals surface area contributed by atoms with Gasteiger partial charge < -0.3 is 9.84 Å². The van der Waals surface area contributed by atoms with Crippen LogP contribution in [-0.2, 0) is 0 Å². The molecule has 0 unspecified atom stereocenters. The van der Waals surface area contributed by atoms with Crippen LogP contribution in [0.3, 0.4) is 0 Å². The van der Waals surface area contributed by atoms with Crippen molar-refractivity contribution in [2.24, 2.45) is 0 Å². The number of alkyl halides is 3. The third kappa shape index (κ3) is 3.84. The fraction of sp³-hybridized carbons (Fsp3) is 0.250. The molecule has 1 N–H and O–H groups in total. The van der Waals surface area contributed by atoms with E-state index in [0.29, 0.717) is 0 Å². The molecule has 7 heteroatoms. The van der Waals surface area contributed by atoms with E-state index in [1.54, 1.807) is 0 Å². The summed E-state index contributed by atoms with van der Waals surface area (Å²) in [5, 5.41) is 8.52. The Morgan fingerprint density at radius 2 is 2.13 bits per heavy atom. The topological polar surface area (TPSA) is 59.4 Å². The smallest absolute Gasteiger partial charge is 0.422 e. The Labute approximate surface area is 82.3 Å². The Morgan fingerprint density at radius 3 is 2.67 bits per heavy atom. The van der Waals surface area contributed by atoms with E-state index in [9.17, 15) is 18.0 Å². The third-order valence-electron chi connectivity index (χ3n) is 1.36. The zero-order chi connectivity index (χ0) is 11.5. The summed E-state index contributed by atoms with van der Waals surface area (Å²) >= 11 is 0. The molecule has 0 aliphatic carbocycles. The second-order valence-corrected chi connectivity index (χ2v) is 2.62. The van der Waals surface area contributed by atoms with Crippen LogP contribution in [0, 0.1) is 0 Å². The highest BCUT2D eigenvalue weighted by atomic mass is 19.4. The lowest BCUT2D eigenvalue weighted by Gasteiger charge is -2.08. The summed E-state index contributed by atoms with van der Waals surface area (Å²) in [5.74, 6) is -1.51. The number of aromatic nitrogens is 1. The first-order chi connectivity index (χ1) is 6.88. The quantitative estimate of drug-likeness (QED) is 0.844. The Balaban J connectivity index is 2.70. The maximum Gasteiger partial charge on any atom is 0.422 e. The largest absolute Gasteiger partial charge is 0.482 e. The number of carboxylic acids is 1. The molecule has 82 valence electrons. The van der Waals surface area contributed by atoms with E-state index in [0.717, 1.165) is 18.5 Å². The number of carboxylic acid groups (broad SMARTS) is 1. The first-order valence-corrected chi connectivity index (χ1v) is 3.76. The van der Waals surface area contributed by atoms with E-state index < -0.39 is 18.8 Å². The number of pyridine rings is 1. The van der Waals surface area contributed by atoms with Crippen molar-refractivity contribution in [2.45, 2.75) is 6.18 Å². The van der Waals surface area contributed by atoms with Crippen molar-refractivity contribution in [1.29, 1.82) is 0 Å². The Morgan fingerprint density at radius 1 is 1.47 bits per heavy atom. The highest BCUT2D eigenvalue weighted by Gasteiger charge is 2.28. The van der Waals surface area contributed by atoms with Gasteiger partial charge in [-0.1, -0.05) is 0 Å². The van der Waals surface area contributed by atoms with Crippen LogP contribution in [-0.4, -0.2) is 28.8 Å². The molecular formula is C8H6F3NO3. The van der Waals surface area contributed by atoms with Gasteiger partial charge in [0.15, 0.2) is 6.61 Å². The Kier molecular flexibility index (Phi) is 3.13. The maximum atomic E-state index is 11.7. The molecule has 0 aromatic carbocycles. The van der Waals surface area contributed by atoms with Crippen molar-refractivity contribution < 1.29 is 27.8 Å². The van der Waals surface area contributed by atoms with Crippen molar-refractivity contribution >= 4 is 5.97 Å². The molecule has 0 saturated heterocycles. The van der Waals surface area contributed by atoms with Gasteiger partial charge in [0.05, 0.1) is 11.8 Å². The average molecular weight is 221 g/mol. The number of halogens is 3. The average Bonchev–Trinajstić information content (AvgIpc) is 2.14. The molecule has 0 radical (unpaired) electrons. The van der Waals surface area contributed by atoms with Crippen molar-refractivity contribution in [1.82, 2.24) is 4.98 Å². The predicted octanol–water partition coefficient (Wildman–Crippen LogP) is 1.72. The fourth-order valence-electron chi connectivity index (χ4n) is 0.780. The predicted molar refractivity (Wildman–Crippen MR) is 42.7 cm³/mol. The molecule has 4 nitrogen and oxygen atoms in total. The highest BCUT2D eigenvalue weighted by molar-refractivity contribution is 5.87. The highest BCUT2D eigenvalue weighted by Crippen LogP contribution is 2.18. The van der Waals surface area contributed by atoms with Crippen molar-refractivity contribution in [3.8, 4) is 5.75 Å². The second-order valence-electron chi connectivity index (χ2n) is 2.62. The molecular weight excluding hydrogens is 215 g/mol. The molecule has 0 saturated carbocycles. The minimum atomic E-state index is -4.46. The Hall–Kier alpha value is -1.79. The zero-order valence-electron chi connectivity index (χ0n) is 7.28. The lowest BCUT2D eigenvalue weighted by molar-refractivity contribution is -0.153. The van der Waals surface area contributed by atoms with E-state index in [1.807, 2.05) is 0 Å². The first-order valence-electron chi connectivity index (χ1n) is 3.76. The van der Waals surface area contributed by atoms with E-state index >= 15 is 0 Å².